The quantitative estimate of drug-likeness (QED) is 0.567. The second-order valence-corrected chi connectivity index (χ2v) is 9.92. The fourth-order valence-corrected chi connectivity index (χ4v) is 5.54. The van der Waals surface area contributed by atoms with Crippen molar-refractivity contribution in [2.24, 2.45) is 10.4 Å². The molecule has 29 heavy (non-hydrogen) atoms. The highest BCUT2D eigenvalue weighted by atomic mass is 32.2. The first-order chi connectivity index (χ1) is 14.0. The van der Waals surface area contributed by atoms with Gasteiger partial charge in [-0.25, -0.2) is 4.98 Å². The average Bonchev–Trinajstić information content (AvgIpc) is 3.11. The third-order valence-corrected chi connectivity index (χ3v) is 7.24. The van der Waals surface area contributed by atoms with E-state index in [9.17, 15) is 5.11 Å². The number of pyridine rings is 1. The first kappa shape index (κ1) is 18.5. The van der Waals surface area contributed by atoms with Gasteiger partial charge >= 0.3 is 0 Å². The van der Waals surface area contributed by atoms with Gasteiger partial charge in [-0.1, -0.05) is 38.1 Å². The van der Waals surface area contributed by atoms with Crippen molar-refractivity contribution in [3.63, 3.8) is 0 Å². The largest absolute Gasteiger partial charge is 0.506 e. The van der Waals surface area contributed by atoms with Crippen molar-refractivity contribution >= 4 is 27.7 Å². The summed E-state index contributed by atoms with van der Waals surface area (Å²) in [6.07, 6.45) is 3.67. The SMILES string of the molecule is CC1(C)CC[C@@H]2SC(c3cccc(Oc4ccc5cccc(O)c5n4)c3)=N[C@H]2C1. The summed E-state index contributed by atoms with van der Waals surface area (Å²) in [5.74, 6) is 1.35. The molecule has 2 atom stereocenters. The number of phenols is 1. The monoisotopic (exact) mass is 404 g/mol. The Morgan fingerprint density at radius 1 is 1.10 bits per heavy atom. The molecule has 1 aliphatic carbocycles. The lowest BCUT2D eigenvalue weighted by Gasteiger charge is -2.35. The predicted octanol–water partition coefficient (Wildman–Crippen LogP) is 6.17. The number of aromatic hydroxyl groups is 1. The molecule has 0 saturated heterocycles. The number of aliphatic imine (C=N–C) groups is 1. The lowest BCUT2D eigenvalue weighted by molar-refractivity contribution is 0.229. The van der Waals surface area contributed by atoms with E-state index in [0.717, 1.165) is 28.2 Å². The molecule has 2 aliphatic rings. The van der Waals surface area contributed by atoms with Gasteiger partial charge in [0.05, 0.1) is 11.1 Å². The number of ether oxygens (including phenoxy) is 1. The molecule has 1 N–H and O–H groups in total. The molecular weight excluding hydrogens is 380 g/mol. The van der Waals surface area contributed by atoms with Crippen LogP contribution >= 0.6 is 11.8 Å². The summed E-state index contributed by atoms with van der Waals surface area (Å²) in [4.78, 5) is 9.52. The number of hydrogen-bond donors (Lipinski definition) is 1. The molecule has 5 heteroatoms. The number of phenolic OH excluding ortho intramolecular Hbond substituents is 1. The van der Waals surface area contributed by atoms with Crippen LogP contribution in [0.4, 0.5) is 0 Å². The van der Waals surface area contributed by atoms with Crippen LogP contribution in [0.2, 0.25) is 0 Å². The van der Waals surface area contributed by atoms with E-state index in [1.54, 1.807) is 6.07 Å². The third-order valence-electron chi connectivity index (χ3n) is 5.82. The summed E-state index contributed by atoms with van der Waals surface area (Å²) in [6, 6.07) is 17.6. The zero-order valence-corrected chi connectivity index (χ0v) is 17.4. The van der Waals surface area contributed by atoms with Gasteiger partial charge in [-0.15, -0.1) is 11.8 Å². The Morgan fingerprint density at radius 3 is 2.86 bits per heavy atom. The molecular formula is C24H24N2O2S. The normalized spacial score (nSPS) is 22.9. The molecule has 1 aliphatic heterocycles. The predicted molar refractivity (Wildman–Crippen MR) is 119 cm³/mol. The van der Waals surface area contributed by atoms with Crippen LogP contribution < -0.4 is 4.74 Å². The zero-order valence-electron chi connectivity index (χ0n) is 16.6. The number of benzene rings is 2. The van der Waals surface area contributed by atoms with Gasteiger partial charge in [0.2, 0.25) is 5.88 Å². The maximum atomic E-state index is 10.1. The number of rotatable bonds is 3. The van der Waals surface area contributed by atoms with Crippen LogP contribution in [-0.2, 0) is 0 Å². The summed E-state index contributed by atoms with van der Waals surface area (Å²) < 4.78 is 6.01. The average molecular weight is 405 g/mol. The van der Waals surface area contributed by atoms with Crippen molar-refractivity contribution in [2.75, 3.05) is 0 Å². The van der Waals surface area contributed by atoms with Gasteiger partial charge in [-0.05, 0) is 48.9 Å². The summed E-state index contributed by atoms with van der Waals surface area (Å²) in [6.45, 7) is 4.70. The van der Waals surface area contributed by atoms with Crippen LogP contribution in [-0.4, -0.2) is 26.4 Å². The van der Waals surface area contributed by atoms with E-state index in [1.807, 2.05) is 54.2 Å². The van der Waals surface area contributed by atoms with Crippen molar-refractivity contribution in [3.8, 4) is 17.4 Å². The smallest absolute Gasteiger partial charge is 0.219 e. The van der Waals surface area contributed by atoms with Gasteiger partial charge < -0.3 is 9.84 Å². The second-order valence-electron chi connectivity index (χ2n) is 8.69. The molecule has 1 fully saturated rings. The molecule has 0 unspecified atom stereocenters. The molecule has 5 rings (SSSR count). The van der Waals surface area contributed by atoms with Crippen molar-refractivity contribution in [1.29, 1.82) is 0 Å². The lowest BCUT2D eigenvalue weighted by atomic mass is 9.75. The topological polar surface area (TPSA) is 54.7 Å². The number of para-hydroxylation sites is 1. The van der Waals surface area contributed by atoms with Crippen molar-refractivity contribution in [1.82, 2.24) is 4.98 Å². The number of fused-ring (bicyclic) bond motifs is 2. The maximum Gasteiger partial charge on any atom is 0.219 e. The highest BCUT2D eigenvalue weighted by molar-refractivity contribution is 8.15. The highest BCUT2D eigenvalue weighted by Gasteiger charge is 2.39. The Morgan fingerprint density at radius 2 is 1.97 bits per heavy atom. The maximum absolute atomic E-state index is 10.1. The van der Waals surface area contributed by atoms with Crippen LogP contribution in [0.5, 0.6) is 17.4 Å². The van der Waals surface area contributed by atoms with E-state index in [4.69, 9.17) is 9.73 Å². The zero-order chi connectivity index (χ0) is 20.0. The third kappa shape index (κ3) is 3.71. The summed E-state index contributed by atoms with van der Waals surface area (Å²) in [7, 11) is 0. The van der Waals surface area contributed by atoms with E-state index in [0.29, 0.717) is 28.1 Å². The van der Waals surface area contributed by atoms with E-state index in [-0.39, 0.29) is 5.75 Å². The van der Waals surface area contributed by atoms with E-state index in [2.05, 4.69) is 24.9 Å². The summed E-state index contributed by atoms with van der Waals surface area (Å²) >= 11 is 1.91. The molecule has 2 aromatic carbocycles. The molecule has 1 aromatic heterocycles. The lowest BCUT2D eigenvalue weighted by Crippen LogP contribution is -2.32. The van der Waals surface area contributed by atoms with Crippen molar-refractivity contribution < 1.29 is 9.84 Å². The van der Waals surface area contributed by atoms with Crippen molar-refractivity contribution in [3.05, 3.63) is 60.2 Å². The minimum absolute atomic E-state index is 0.156. The number of hydrogen-bond acceptors (Lipinski definition) is 5. The van der Waals surface area contributed by atoms with E-state index in [1.165, 1.54) is 12.8 Å². The molecule has 0 bridgehead atoms. The van der Waals surface area contributed by atoms with Crippen molar-refractivity contribution in [2.45, 2.75) is 44.4 Å². The first-order valence-corrected chi connectivity index (χ1v) is 11.0. The molecule has 148 valence electrons. The Kier molecular flexibility index (Phi) is 4.50. The van der Waals surface area contributed by atoms with Gasteiger partial charge in [0, 0.05) is 22.3 Å². The Bertz CT molecular complexity index is 1110. The van der Waals surface area contributed by atoms with Gasteiger partial charge in [-0.3, -0.25) is 4.99 Å². The van der Waals surface area contributed by atoms with Gasteiger partial charge in [-0.2, -0.15) is 0 Å². The molecule has 2 heterocycles. The number of thioether (sulfide) groups is 1. The molecule has 0 spiro atoms. The highest BCUT2D eigenvalue weighted by Crippen LogP contribution is 2.46. The first-order valence-electron chi connectivity index (χ1n) is 10.1. The summed E-state index contributed by atoms with van der Waals surface area (Å²) in [5, 5.41) is 12.7. The minimum Gasteiger partial charge on any atom is -0.506 e. The minimum atomic E-state index is 0.156. The Hall–Kier alpha value is -2.53. The Labute approximate surface area is 175 Å². The number of aromatic nitrogens is 1. The molecule has 3 aromatic rings. The van der Waals surface area contributed by atoms with E-state index < -0.39 is 0 Å². The van der Waals surface area contributed by atoms with Crippen LogP contribution in [0.3, 0.4) is 0 Å². The second kappa shape index (κ2) is 7.06. The van der Waals surface area contributed by atoms with Crippen LogP contribution in [0, 0.1) is 5.41 Å². The fraction of sp³-hybridized carbons (Fsp3) is 0.333. The Balaban J connectivity index is 1.39. The van der Waals surface area contributed by atoms with Crippen LogP contribution in [0.1, 0.15) is 38.7 Å². The molecule has 4 nitrogen and oxygen atoms in total. The van der Waals surface area contributed by atoms with E-state index >= 15 is 0 Å². The van der Waals surface area contributed by atoms with Crippen LogP contribution in [0.25, 0.3) is 10.9 Å². The standard InChI is InChI=1S/C24H24N2O2S/c1-24(2)12-11-20-18(14-24)25-23(29-20)16-6-3-7-17(13-16)28-21-10-9-15-5-4-8-19(27)22(15)26-21/h3-10,13,18,20,27H,11-12,14H2,1-2H3/t18-,20-/m0/s1. The molecule has 1 saturated carbocycles. The number of nitrogens with zero attached hydrogens (tertiary/aromatic N) is 2. The van der Waals surface area contributed by atoms with Gasteiger partial charge in [0.25, 0.3) is 0 Å². The fourth-order valence-electron chi connectivity index (χ4n) is 4.24. The molecule has 0 amide bonds. The van der Waals surface area contributed by atoms with Gasteiger partial charge in [0.15, 0.2) is 0 Å². The summed E-state index contributed by atoms with van der Waals surface area (Å²) in [5.41, 5.74) is 2.03. The van der Waals surface area contributed by atoms with Gasteiger partial charge in [0.1, 0.15) is 17.0 Å². The molecule has 0 radical (unpaired) electrons. The van der Waals surface area contributed by atoms with Crippen LogP contribution in [0.15, 0.2) is 59.6 Å².